The minimum atomic E-state index is -0.626. The van der Waals surface area contributed by atoms with Gasteiger partial charge >= 0.3 is 0 Å². The van der Waals surface area contributed by atoms with Gasteiger partial charge in [0.05, 0.1) is 4.99 Å². The fraction of sp³-hybridized carbons (Fsp3) is 0.526. The fourth-order valence-electron chi connectivity index (χ4n) is 3.42. The van der Waals surface area contributed by atoms with Crippen LogP contribution in [0.25, 0.3) is 0 Å². The van der Waals surface area contributed by atoms with Crippen molar-refractivity contribution in [2.75, 3.05) is 11.9 Å². The Hall–Kier alpha value is -1.82. The minimum absolute atomic E-state index is 0.0482. The van der Waals surface area contributed by atoms with E-state index >= 15 is 0 Å². The van der Waals surface area contributed by atoms with Gasteiger partial charge < -0.3 is 10.2 Å². The van der Waals surface area contributed by atoms with Crippen LogP contribution in [0.15, 0.2) is 18.2 Å². The van der Waals surface area contributed by atoms with Crippen LogP contribution in [0, 0.1) is 5.82 Å². The Bertz CT molecular complexity index is 686. The highest BCUT2D eigenvalue weighted by Gasteiger charge is 2.47. The topological polar surface area (TPSA) is 49.4 Å². The number of nitrogens with zero attached hydrogens (tertiary/aromatic N) is 1. The number of nitrogens with one attached hydrogen (secondary N) is 1. The van der Waals surface area contributed by atoms with Crippen LogP contribution in [-0.2, 0) is 16.0 Å². The molecule has 1 N–H and O–H groups in total. The highest BCUT2D eigenvalue weighted by atomic mass is 32.1. The summed E-state index contributed by atoms with van der Waals surface area (Å²) in [7, 11) is 1.59. The van der Waals surface area contributed by atoms with E-state index in [4.69, 9.17) is 12.2 Å². The maximum atomic E-state index is 14.5. The Morgan fingerprint density at radius 2 is 2.00 bits per heavy atom. The summed E-state index contributed by atoms with van der Waals surface area (Å²) in [4.78, 5) is 25.9. The number of amides is 1. The molecular formula is C19H25FN2O2S. The van der Waals surface area contributed by atoms with E-state index in [0.29, 0.717) is 35.5 Å². The Morgan fingerprint density at radius 1 is 1.32 bits per heavy atom. The number of hydrogen-bond acceptors (Lipinski definition) is 3. The second kappa shape index (κ2) is 8.04. The summed E-state index contributed by atoms with van der Waals surface area (Å²) in [5.74, 6) is -0.306. The van der Waals surface area contributed by atoms with Crippen LogP contribution in [0.4, 0.5) is 10.1 Å². The lowest BCUT2D eigenvalue weighted by molar-refractivity contribution is -0.124. The molecule has 0 radical (unpaired) electrons. The summed E-state index contributed by atoms with van der Waals surface area (Å²) in [5.41, 5.74) is 0.564. The molecule has 0 unspecified atom stereocenters. The standard InChI is InChI=1S/C19H25FN2O2S/c1-13(23)19(10-5-11-19)22(14(2)25)16-9-8-15(17(20)12-16)6-4-7-18(24)21-3/h8-9,12H,4-7,10-11H2,1-3H3,(H,21,24). The summed E-state index contributed by atoms with van der Waals surface area (Å²) < 4.78 is 14.5. The maximum absolute atomic E-state index is 14.5. The van der Waals surface area contributed by atoms with E-state index in [2.05, 4.69) is 5.32 Å². The second-order valence-electron chi connectivity index (χ2n) is 6.60. The number of halogens is 1. The van der Waals surface area contributed by atoms with Crippen LogP contribution < -0.4 is 10.2 Å². The van der Waals surface area contributed by atoms with Gasteiger partial charge in [0.2, 0.25) is 5.91 Å². The van der Waals surface area contributed by atoms with E-state index in [1.54, 1.807) is 27.0 Å². The molecule has 0 bridgehead atoms. The van der Waals surface area contributed by atoms with Gasteiger partial charge in [0.15, 0.2) is 5.78 Å². The third-order valence-corrected chi connectivity index (χ3v) is 5.19. The van der Waals surface area contributed by atoms with Gasteiger partial charge in [-0.2, -0.15) is 0 Å². The monoisotopic (exact) mass is 364 g/mol. The second-order valence-corrected chi connectivity index (χ2v) is 7.19. The summed E-state index contributed by atoms with van der Waals surface area (Å²) in [6, 6.07) is 5.00. The van der Waals surface area contributed by atoms with Crippen molar-refractivity contribution in [3.05, 3.63) is 29.6 Å². The molecule has 1 saturated carbocycles. The first-order valence-electron chi connectivity index (χ1n) is 8.62. The third kappa shape index (κ3) is 4.06. The molecule has 25 heavy (non-hydrogen) atoms. The highest BCUT2D eigenvalue weighted by molar-refractivity contribution is 7.80. The molecule has 1 amide bonds. The van der Waals surface area contributed by atoms with Crippen LogP contribution in [0.1, 0.15) is 51.5 Å². The van der Waals surface area contributed by atoms with E-state index in [1.807, 2.05) is 11.0 Å². The molecule has 136 valence electrons. The van der Waals surface area contributed by atoms with Gasteiger partial charge in [-0.05, 0) is 63.6 Å². The van der Waals surface area contributed by atoms with E-state index in [-0.39, 0.29) is 17.5 Å². The van der Waals surface area contributed by atoms with E-state index in [1.165, 1.54) is 6.07 Å². The van der Waals surface area contributed by atoms with Gasteiger partial charge in [0.25, 0.3) is 0 Å². The molecule has 4 nitrogen and oxygen atoms in total. The van der Waals surface area contributed by atoms with Crippen molar-refractivity contribution in [1.29, 1.82) is 0 Å². The molecule has 0 aliphatic heterocycles. The molecule has 1 aromatic carbocycles. The lowest BCUT2D eigenvalue weighted by atomic mass is 9.72. The number of anilines is 1. The number of ketones is 1. The number of thiocarbonyl (C=S) groups is 1. The van der Waals surface area contributed by atoms with Crippen molar-refractivity contribution in [2.24, 2.45) is 0 Å². The van der Waals surface area contributed by atoms with Crippen molar-refractivity contribution in [2.45, 2.75) is 57.9 Å². The summed E-state index contributed by atoms with van der Waals surface area (Å²) in [6.07, 6.45) is 3.91. The number of benzene rings is 1. The number of carbonyl (C=O) groups is 2. The summed E-state index contributed by atoms with van der Waals surface area (Å²) in [6.45, 7) is 3.35. The van der Waals surface area contributed by atoms with Gasteiger partial charge in [0.1, 0.15) is 11.4 Å². The van der Waals surface area contributed by atoms with Crippen LogP contribution in [-0.4, -0.2) is 29.3 Å². The molecule has 6 heteroatoms. The van der Waals surface area contributed by atoms with Crippen LogP contribution in [0.3, 0.4) is 0 Å². The third-order valence-electron chi connectivity index (χ3n) is 5.00. The lowest BCUT2D eigenvalue weighted by Crippen LogP contribution is -2.60. The zero-order chi connectivity index (χ0) is 18.6. The highest BCUT2D eigenvalue weighted by Crippen LogP contribution is 2.42. The summed E-state index contributed by atoms with van der Waals surface area (Å²) in [5, 5.41) is 2.56. The largest absolute Gasteiger partial charge is 0.359 e. The number of carbonyl (C=O) groups excluding carboxylic acids is 2. The fourth-order valence-corrected chi connectivity index (χ4v) is 3.70. The van der Waals surface area contributed by atoms with Crippen molar-refractivity contribution < 1.29 is 14.0 Å². The first-order valence-corrected chi connectivity index (χ1v) is 9.03. The molecule has 1 fully saturated rings. The molecule has 1 aliphatic carbocycles. The zero-order valence-corrected chi connectivity index (χ0v) is 15.8. The Labute approximate surface area is 153 Å². The van der Waals surface area contributed by atoms with Gasteiger partial charge in [-0.15, -0.1) is 0 Å². The molecule has 0 atom stereocenters. The number of Topliss-reactive ketones (excluding diaryl/α,β-unsaturated/α-hetero) is 1. The Balaban J connectivity index is 2.21. The number of rotatable bonds is 7. The zero-order valence-electron chi connectivity index (χ0n) is 15.0. The predicted molar refractivity (Wildman–Crippen MR) is 101 cm³/mol. The van der Waals surface area contributed by atoms with Crippen molar-refractivity contribution >= 4 is 34.6 Å². The van der Waals surface area contributed by atoms with E-state index in [9.17, 15) is 14.0 Å². The average molecular weight is 364 g/mol. The van der Waals surface area contributed by atoms with E-state index < -0.39 is 5.54 Å². The quantitative estimate of drug-likeness (QED) is 0.752. The number of aryl methyl sites for hydroxylation is 1. The van der Waals surface area contributed by atoms with Gasteiger partial charge in [0, 0.05) is 19.2 Å². The molecular weight excluding hydrogens is 339 g/mol. The maximum Gasteiger partial charge on any atom is 0.219 e. The van der Waals surface area contributed by atoms with Crippen LogP contribution in [0.2, 0.25) is 0 Å². The van der Waals surface area contributed by atoms with Gasteiger partial charge in [-0.25, -0.2) is 4.39 Å². The van der Waals surface area contributed by atoms with Gasteiger partial charge in [-0.1, -0.05) is 18.3 Å². The van der Waals surface area contributed by atoms with E-state index in [0.717, 1.165) is 19.3 Å². The smallest absolute Gasteiger partial charge is 0.219 e. The number of hydrogen-bond donors (Lipinski definition) is 1. The molecule has 0 aromatic heterocycles. The normalized spacial score (nSPS) is 15.2. The molecule has 0 heterocycles. The molecule has 0 spiro atoms. The Morgan fingerprint density at radius 3 is 2.44 bits per heavy atom. The predicted octanol–water partition coefficient (Wildman–Crippen LogP) is 3.56. The molecule has 1 aliphatic rings. The SMILES string of the molecule is CNC(=O)CCCc1ccc(N(C(C)=S)C2(C(C)=O)CCC2)cc1F. The molecule has 0 saturated heterocycles. The van der Waals surface area contributed by atoms with Gasteiger partial charge in [-0.3, -0.25) is 9.59 Å². The van der Waals surface area contributed by atoms with Crippen LogP contribution in [0.5, 0.6) is 0 Å². The van der Waals surface area contributed by atoms with Crippen molar-refractivity contribution in [3.63, 3.8) is 0 Å². The summed E-state index contributed by atoms with van der Waals surface area (Å²) >= 11 is 5.36. The first-order chi connectivity index (χ1) is 11.8. The molecule has 2 rings (SSSR count). The van der Waals surface area contributed by atoms with Crippen molar-refractivity contribution in [3.8, 4) is 0 Å². The van der Waals surface area contributed by atoms with Crippen molar-refractivity contribution in [1.82, 2.24) is 5.32 Å². The molecule has 1 aromatic rings. The lowest BCUT2D eigenvalue weighted by Gasteiger charge is -2.49. The minimum Gasteiger partial charge on any atom is -0.359 e. The van der Waals surface area contributed by atoms with Crippen LogP contribution >= 0.6 is 12.2 Å². The average Bonchev–Trinajstić information content (AvgIpc) is 2.51. The first kappa shape index (κ1) is 19.5. The Kier molecular flexibility index (Phi) is 6.27.